The molecule has 1 aromatic heterocycles. The van der Waals surface area contributed by atoms with Gasteiger partial charge >= 0.3 is 6.18 Å². The monoisotopic (exact) mass is 191 g/mol. The fourth-order valence-electron chi connectivity index (χ4n) is 1.02. The van der Waals surface area contributed by atoms with Gasteiger partial charge in [-0.1, -0.05) is 6.07 Å². The van der Waals surface area contributed by atoms with E-state index >= 15 is 0 Å². The summed E-state index contributed by atoms with van der Waals surface area (Å²) in [6, 6.07) is 2.73. The van der Waals surface area contributed by atoms with Gasteiger partial charge in [-0.05, 0) is 18.1 Å². The van der Waals surface area contributed by atoms with Gasteiger partial charge in [0.2, 0.25) is 0 Å². The minimum Gasteiger partial charge on any atom is -0.396 e. The summed E-state index contributed by atoms with van der Waals surface area (Å²) >= 11 is 0. The molecular weight excluding hydrogens is 183 g/mol. The zero-order valence-corrected chi connectivity index (χ0v) is 6.67. The standard InChI is InChI=1S/C8H8F3NO/c9-8(10,11)7-6(3-5-13)2-1-4-12-7/h1-2,4,13H,3,5H2. The van der Waals surface area contributed by atoms with E-state index in [2.05, 4.69) is 4.98 Å². The average Bonchev–Trinajstić information content (AvgIpc) is 2.04. The number of hydrogen-bond donors (Lipinski definition) is 1. The number of alkyl halides is 3. The Balaban J connectivity index is 3.05. The molecule has 0 aromatic carbocycles. The molecule has 0 atom stereocenters. The summed E-state index contributed by atoms with van der Waals surface area (Å²) in [6.45, 7) is -0.311. The first-order valence-corrected chi connectivity index (χ1v) is 3.67. The Kier molecular flexibility index (Phi) is 2.87. The molecule has 0 aliphatic carbocycles. The molecule has 1 rings (SSSR count). The number of aliphatic hydroxyl groups excluding tert-OH is 1. The molecule has 72 valence electrons. The molecule has 0 spiro atoms. The summed E-state index contributed by atoms with van der Waals surface area (Å²) in [5.74, 6) is 0. The van der Waals surface area contributed by atoms with Gasteiger partial charge in [0, 0.05) is 12.8 Å². The summed E-state index contributed by atoms with van der Waals surface area (Å²) in [7, 11) is 0. The van der Waals surface area contributed by atoms with E-state index in [1.165, 1.54) is 12.1 Å². The smallest absolute Gasteiger partial charge is 0.396 e. The van der Waals surface area contributed by atoms with E-state index in [4.69, 9.17) is 5.11 Å². The van der Waals surface area contributed by atoms with Crippen molar-refractivity contribution >= 4 is 0 Å². The quantitative estimate of drug-likeness (QED) is 0.770. The Morgan fingerprint density at radius 3 is 2.62 bits per heavy atom. The van der Waals surface area contributed by atoms with Crippen LogP contribution in [0.1, 0.15) is 11.3 Å². The lowest BCUT2D eigenvalue weighted by atomic mass is 10.1. The highest BCUT2D eigenvalue weighted by molar-refractivity contribution is 5.22. The molecule has 5 heteroatoms. The molecule has 13 heavy (non-hydrogen) atoms. The molecule has 1 aromatic rings. The van der Waals surface area contributed by atoms with Crippen molar-refractivity contribution in [3.8, 4) is 0 Å². The fourth-order valence-corrected chi connectivity index (χ4v) is 1.02. The predicted octanol–water partition coefficient (Wildman–Crippen LogP) is 1.64. The van der Waals surface area contributed by atoms with Crippen molar-refractivity contribution in [3.05, 3.63) is 29.6 Å². The molecule has 0 aliphatic heterocycles. The van der Waals surface area contributed by atoms with Crippen LogP contribution in [0.4, 0.5) is 13.2 Å². The van der Waals surface area contributed by atoms with E-state index in [0.29, 0.717) is 0 Å². The van der Waals surface area contributed by atoms with E-state index in [1.54, 1.807) is 0 Å². The maximum Gasteiger partial charge on any atom is 0.433 e. The number of pyridine rings is 1. The van der Waals surface area contributed by atoms with Gasteiger partial charge < -0.3 is 5.11 Å². The summed E-state index contributed by atoms with van der Waals surface area (Å²) in [6.07, 6.45) is -3.38. The number of hydrogen-bond acceptors (Lipinski definition) is 2. The first kappa shape index (κ1) is 9.98. The first-order valence-electron chi connectivity index (χ1n) is 3.67. The van der Waals surface area contributed by atoms with Crippen LogP contribution in [0.2, 0.25) is 0 Å². The van der Waals surface area contributed by atoms with Crippen LogP contribution in [0, 0.1) is 0 Å². The van der Waals surface area contributed by atoms with Crippen molar-refractivity contribution in [1.29, 1.82) is 0 Å². The normalized spacial score (nSPS) is 11.7. The Labute approximate surface area is 73.0 Å². The van der Waals surface area contributed by atoms with E-state index in [1.807, 2.05) is 0 Å². The van der Waals surface area contributed by atoms with Crippen molar-refractivity contribution in [1.82, 2.24) is 4.98 Å². The maximum absolute atomic E-state index is 12.2. The van der Waals surface area contributed by atoms with E-state index in [9.17, 15) is 13.2 Å². The Bertz CT molecular complexity index is 285. The highest BCUT2D eigenvalue weighted by Gasteiger charge is 2.34. The van der Waals surface area contributed by atoms with Gasteiger partial charge in [0.1, 0.15) is 5.69 Å². The van der Waals surface area contributed by atoms with Crippen molar-refractivity contribution in [2.75, 3.05) is 6.61 Å². The zero-order valence-electron chi connectivity index (χ0n) is 6.67. The molecule has 1 N–H and O–H groups in total. The summed E-state index contributed by atoms with van der Waals surface area (Å²) in [5.41, 5.74) is -0.887. The van der Waals surface area contributed by atoms with Crippen LogP contribution in [0.3, 0.4) is 0 Å². The molecule has 0 amide bonds. The third-order valence-corrected chi connectivity index (χ3v) is 1.54. The van der Waals surface area contributed by atoms with Crippen LogP contribution in [0.25, 0.3) is 0 Å². The molecule has 0 fully saturated rings. The lowest BCUT2D eigenvalue weighted by molar-refractivity contribution is -0.141. The number of halogens is 3. The maximum atomic E-state index is 12.2. The Morgan fingerprint density at radius 2 is 2.08 bits per heavy atom. The molecule has 0 saturated carbocycles. The molecule has 0 radical (unpaired) electrons. The van der Waals surface area contributed by atoms with Crippen LogP contribution in [0.15, 0.2) is 18.3 Å². The lowest BCUT2D eigenvalue weighted by Crippen LogP contribution is -2.12. The van der Waals surface area contributed by atoms with Crippen molar-refractivity contribution < 1.29 is 18.3 Å². The highest BCUT2D eigenvalue weighted by Crippen LogP contribution is 2.29. The summed E-state index contributed by atoms with van der Waals surface area (Å²) in [5, 5.41) is 8.51. The first-order chi connectivity index (χ1) is 6.05. The van der Waals surface area contributed by atoms with Gasteiger partial charge in [-0.2, -0.15) is 13.2 Å². The Hall–Kier alpha value is -1.10. The van der Waals surface area contributed by atoms with Gasteiger partial charge in [0.15, 0.2) is 0 Å². The van der Waals surface area contributed by atoms with Crippen LogP contribution < -0.4 is 0 Å². The predicted molar refractivity (Wildman–Crippen MR) is 40.0 cm³/mol. The van der Waals surface area contributed by atoms with Crippen molar-refractivity contribution in [3.63, 3.8) is 0 Å². The van der Waals surface area contributed by atoms with Crippen LogP contribution in [0.5, 0.6) is 0 Å². The number of rotatable bonds is 2. The molecule has 0 unspecified atom stereocenters. The largest absolute Gasteiger partial charge is 0.433 e. The highest BCUT2D eigenvalue weighted by atomic mass is 19.4. The molecule has 0 bridgehead atoms. The number of nitrogens with zero attached hydrogens (tertiary/aromatic N) is 1. The number of aliphatic hydroxyl groups is 1. The van der Waals surface area contributed by atoms with Crippen molar-refractivity contribution in [2.24, 2.45) is 0 Å². The van der Waals surface area contributed by atoms with Gasteiger partial charge in [-0.3, -0.25) is 4.98 Å². The average molecular weight is 191 g/mol. The second-order valence-electron chi connectivity index (χ2n) is 2.48. The summed E-state index contributed by atoms with van der Waals surface area (Å²) < 4.78 is 36.7. The number of aromatic nitrogens is 1. The van der Waals surface area contributed by atoms with E-state index < -0.39 is 11.9 Å². The topological polar surface area (TPSA) is 33.1 Å². The molecular formula is C8H8F3NO. The van der Waals surface area contributed by atoms with E-state index in [0.717, 1.165) is 6.20 Å². The van der Waals surface area contributed by atoms with Gasteiger partial charge in [-0.15, -0.1) is 0 Å². The lowest BCUT2D eigenvalue weighted by Gasteiger charge is -2.09. The molecule has 1 heterocycles. The van der Waals surface area contributed by atoms with Gasteiger partial charge in [0.25, 0.3) is 0 Å². The zero-order chi connectivity index (χ0) is 9.90. The van der Waals surface area contributed by atoms with Gasteiger partial charge in [-0.25, -0.2) is 0 Å². The SMILES string of the molecule is OCCc1cccnc1C(F)(F)F. The van der Waals surface area contributed by atoms with Gasteiger partial charge in [0.05, 0.1) is 0 Å². The minimum absolute atomic E-state index is 0.0251. The van der Waals surface area contributed by atoms with Crippen LogP contribution in [-0.2, 0) is 12.6 Å². The van der Waals surface area contributed by atoms with Crippen molar-refractivity contribution in [2.45, 2.75) is 12.6 Å². The molecule has 0 aliphatic rings. The Morgan fingerprint density at radius 1 is 1.38 bits per heavy atom. The molecule has 2 nitrogen and oxygen atoms in total. The van der Waals surface area contributed by atoms with E-state index in [-0.39, 0.29) is 18.6 Å². The molecule has 0 saturated heterocycles. The summed E-state index contributed by atoms with van der Waals surface area (Å²) in [4.78, 5) is 3.23. The third-order valence-electron chi connectivity index (χ3n) is 1.54. The second-order valence-corrected chi connectivity index (χ2v) is 2.48. The second kappa shape index (κ2) is 3.74. The fraction of sp³-hybridized carbons (Fsp3) is 0.375. The van der Waals surface area contributed by atoms with Crippen LogP contribution >= 0.6 is 0 Å². The van der Waals surface area contributed by atoms with Crippen LogP contribution in [-0.4, -0.2) is 16.7 Å². The minimum atomic E-state index is -4.44. The third kappa shape index (κ3) is 2.42.